The van der Waals surface area contributed by atoms with Crippen molar-refractivity contribution in [2.75, 3.05) is 6.61 Å². The summed E-state index contributed by atoms with van der Waals surface area (Å²) in [4.78, 5) is 37.6. The quantitative estimate of drug-likeness (QED) is 0.497. The van der Waals surface area contributed by atoms with Crippen molar-refractivity contribution in [2.45, 2.75) is 85.3 Å². The highest BCUT2D eigenvalue weighted by atomic mass is 16.3. The third-order valence-corrected chi connectivity index (χ3v) is 5.79. The van der Waals surface area contributed by atoms with E-state index in [0.29, 0.717) is 11.8 Å². The number of Topliss-reactive ketones (excluding diaryl/α,β-unsaturated/α-hetero) is 2. The van der Waals surface area contributed by atoms with Crippen LogP contribution in [0.25, 0.3) is 0 Å². The minimum atomic E-state index is -1.01. The highest BCUT2D eigenvalue weighted by molar-refractivity contribution is 5.93. The average Bonchev–Trinajstić information content (AvgIpc) is 2.62. The average molecular weight is 398 g/mol. The van der Waals surface area contributed by atoms with Gasteiger partial charge < -0.3 is 15.5 Å². The maximum absolute atomic E-state index is 12.8. The molecule has 0 bridgehead atoms. The van der Waals surface area contributed by atoms with Crippen LogP contribution >= 0.6 is 0 Å². The highest BCUT2D eigenvalue weighted by Gasteiger charge is 2.34. The van der Waals surface area contributed by atoms with Crippen LogP contribution in [0.4, 0.5) is 0 Å². The summed E-state index contributed by atoms with van der Waals surface area (Å²) in [7, 11) is 0. The summed E-state index contributed by atoms with van der Waals surface area (Å²) in [5.41, 5.74) is 0. The second-order valence-electron chi connectivity index (χ2n) is 9.18. The van der Waals surface area contributed by atoms with E-state index in [2.05, 4.69) is 19.2 Å². The molecule has 0 aromatic rings. The number of hydrogen-bond donors (Lipinski definition) is 3. The number of carbonyl (C=O) groups excluding carboxylic acids is 3. The second kappa shape index (κ2) is 11.7. The third kappa shape index (κ3) is 7.63. The molecule has 0 heterocycles. The fourth-order valence-corrected chi connectivity index (χ4v) is 4.22. The second-order valence-corrected chi connectivity index (χ2v) is 9.18. The molecule has 6 heteroatoms. The van der Waals surface area contributed by atoms with E-state index in [1.165, 1.54) is 6.92 Å². The van der Waals surface area contributed by atoms with Crippen molar-refractivity contribution >= 4 is 17.5 Å². The molecule has 1 rings (SSSR count). The number of rotatable bonds is 11. The fraction of sp³-hybridized carbons (Fsp3) is 0.864. The van der Waals surface area contributed by atoms with Gasteiger partial charge in [0.25, 0.3) is 0 Å². The molecule has 0 spiro atoms. The third-order valence-electron chi connectivity index (χ3n) is 5.79. The first-order valence-corrected chi connectivity index (χ1v) is 10.7. The van der Waals surface area contributed by atoms with Gasteiger partial charge in [-0.3, -0.25) is 14.4 Å². The lowest BCUT2D eigenvalue weighted by Crippen LogP contribution is -2.49. The Balaban J connectivity index is 2.73. The van der Waals surface area contributed by atoms with Crippen molar-refractivity contribution in [3.05, 3.63) is 0 Å². The van der Waals surface area contributed by atoms with Crippen molar-refractivity contribution < 1.29 is 24.6 Å². The van der Waals surface area contributed by atoms with Crippen LogP contribution in [-0.4, -0.2) is 46.4 Å². The maximum atomic E-state index is 12.8. The molecule has 1 aliphatic carbocycles. The number of amides is 1. The van der Waals surface area contributed by atoms with E-state index in [4.69, 9.17) is 0 Å². The first kappa shape index (κ1) is 24.8. The number of hydrogen-bond acceptors (Lipinski definition) is 5. The van der Waals surface area contributed by atoms with Crippen molar-refractivity contribution in [1.29, 1.82) is 0 Å². The highest BCUT2D eigenvalue weighted by Crippen LogP contribution is 2.34. The summed E-state index contributed by atoms with van der Waals surface area (Å²) in [6.07, 6.45) is 3.94. The molecule has 1 fully saturated rings. The Bertz CT molecular complexity index is 529. The van der Waals surface area contributed by atoms with E-state index < -0.39 is 30.6 Å². The van der Waals surface area contributed by atoms with Crippen LogP contribution in [0.5, 0.6) is 0 Å². The predicted molar refractivity (Wildman–Crippen MR) is 109 cm³/mol. The lowest BCUT2D eigenvalue weighted by molar-refractivity contribution is -0.137. The Hall–Kier alpha value is -1.27. The van der Waals surface area contributed by atoms with Gasteiger partial charge in [-0.05, 0) is 38.0 Å². The molecule has 1 unspecified atom stereocenters. The molecule has 28 heavy (non-hydrogen) atoms. The van der Waals surface area contributed by atoms with Crippen molar-refractivity contribution in [3.63, 3.8) is 0 Å². The van der Waals surface area contributed by atoms with Crippen LogP contribution in [0.1, 0.15) is 73.1 Å². The number of ketones is 2. The molecule has 162 valence electrons. The van der Waals surface area contributed by atoms with Crippen LogP contribution in [0.2, 0.25) is 0 Å². The van der Waals surface area contributed by atoms with Crippen molar-refractivity contribution in [2.24, 2.45) is 29.6 Å². The van der Waals surface area contributed by atoms with Gasteiger partial charge in [0.2, 0.25) is 5.91 Å². The first-order chi connectivity index (χ1) is 13.1. The van der Waals surface area contributed by atoms with Gasteiger partial charge in [-0.2, -0.15) is 0 Å². The van der Waals surface area contributed by atoms with Crippen LogP contribution in [0.15, 0.2) is 0 Å². The molecule has 0 aromatic heterocycles. The van der Waals surface area contributed by atoms with Crippen LogP contribution < -0.4 is 5.32 Å². The van der Waals surface area contributed by atoms with Gasteiger partial charge in [0, 0.05) is 18.3 Å². The molecule has 0 aromatic carbocycles. The molecule has 6 nitrogen and oxygen atoms in total. The first-order valence-electron chi connectivity index (χ1n) is 10.7. The maximum Gasteiger partial charge on any atom is 0.226 e. The minimum absolute atomic E-state index is 0.0187. The summed E-state index contributed by atoms with van der Waals surface area (Å²) < 4.78 is 0. The SMILES string of the molecule is CC(C)CC1CCC[C@@H](C(=O)C[C@H](C(=O)N[C@H](CO)C(=O)C(C)C)[C@H](C)O)C1. The zero-order valence-electron chi connectivity index (χ0n) is 18.1. The summed E-state index contributed by atoms with van der Waals surface area (Å²) >= 11 is 0. The summed E-state index contributed by atoms with van der Waals surface area (Å²) in [6.45, 7) is 8.76. The molecule has 0 radical (unpaired) electrons. The Morgan fingerprint density at radius 1 is 1.07 bits per heavy atom. The van der Waals surface area contributed by atoms with E-state index >= 15 is 0 Å². The van der Waals surface area contributed by atoms with Gasteiger partial charge in [0.05, 0.1) is 18.6 Å². The number of aliphatic hydroxyl groups excluding tert-OH is 2. The number of aliphatic hydroxyl groups is 2. The van der Waals surface area contributed by atoms with Crippen LogP contribution in [-0.2, 0) is 14.4 Å². The summed E-state index contributed by atoms with van der Waals surface area (Å²) in [5.74, 6) is -0.951. The zero-order valence-corrected chi connectivity index (χ0v) is 18.1. The fourth-order valence-electron chi connectivity index (χ4n) is 4.22. The standard InChI is InChI=1S/C22H39NO5/c1-13(2)9-16-7-6-8-17(10-16)20(26)11-18(15(5)25)22(28)23-19(12-24)21(27)14(3)4/h13-19,24-25H,6-12H2,1-5H3,(H,23,28)/t15-,16?,17+,18-,19+/m0/s1. The molecular weight excluding hydrogens is 358 g/mol. The van der Waals surface area contributed by atoms with Gasteiger partial charge in [0.15, 0.2) is 5.78 Å². The summed E-state index contributed by atoms with van der Waals surface area (Å²) in [6, 6.07) is -1.01. The van der Waals surface area contributed by atoms with E-state index in [1.807, 2.05) is 0 Å². The van der Waals surface area contributed by atoms with Crippen LogP contribution in [0, 0.1) is 29.6 Å². The van der Waals surface area contributed by atoms with E-state index in [0.717, 1.165) is 32.1 Å². The summed E-state index contributed by atoms with van der Waals surface area (Å²) in [5, 5.41) is 22.0. The van der Waals surface area contributed by atoms with Gasteiger partial charge in [0.1, 0.15) is 11.8 Å². The normalized spacial score (nSPS) is 23.3. The molecule has 1 amide bonds. The Morgan fingerprint density at radius 3 is 2.21 bits per heavy atom. The van der Waals surface area contributed by atoms with Crippen molar-refractivity contribution in [3.8, 4) is 0 Å². The zero-order chi connectivity index (χ0) is 21.4. The topological polar surface area (TPSA) is 104 Å². The van der Waals surface area contributed by atoms with E-state index in [-0.39, 0.29) is 29.8 Å². The van der Waals surface area contributed by atoms with E-state index in [1.54, 1.807) is 13.8 Å². The smallest absolute Gasteiger partial charge is 0.226 e. The van der Waals surface area contributed by atoms with Gasteiger partial charge >= 0.3 is 0 Å². The molecule has 0 saturated heterocycles. The van der Waals surface area contributed by atoms with Gasteiger partial charge in [-0.15, -0.1) is 0 Å². The monoisotopic (exact) mass is 397 g/mol. The predicted octanol–water partition coefficient (Wildman–Crippen LogP) is 2.50. The minimum Gasteiger partial charge on any atom is -0.394 e. The molecule has 5 atom stereocenters. The molecule has 1 saturated carbocycles. The number of nitrogens with one attached hydrogen (secondary N) is 1. The molecule has 3 N–H and O–H groups in total. The Labute approximate surface area is 169 Å². The largest absolute Gasteiger partial charge is 0.394 e. The molecule has 0 aliphatic heterocycles. The van der Waals surface area contributed by atoms with Crippen molar-refractivity contribution in [1.82, 2.24) is 5.32 Å². The Kier molecular flexibility index (Phi) is 10.3. The Morgan fingerprint density at radius 2 is 1.71 bits per heavy atom. The lowest BCUT2D eigenvalue weighted by atomic mass is 9.74. The van der Waals surface area contributed by atoms with Crippen LogP contribution in [0.3, 0.4) is 0 Å². The van der Waals surface area contributed by atoms with Gasteiger partial charge in [-0.25, -0.2) is 0 Å². The molecule has 1 aliphatic rings. The molecular formula is C22H39NO5. The number of carbonyl (C=O) groups is 3. The lowest BCUT2D eigenvalue weighted by Gasteiger charge is -2.30. The van der Waals surface area contributed by atoms with E-state index in [9.17, 15) is 24.6 Å². The van der Waals surface area contributed by atoms with Gasteiger partial charge in [-0.1, -0.05) is 40.5 Å².